The molecule has 4 heterocycles. The molecule has 24 heavy (non-hydrogen) atoms. The van der Waals surface area contributed by atoms with Crippen molar-refractivity contribution in [3.05, 3.63) is 49.5 Å². The van der Waals surface area contributed by atoms with E-state index < -0.39 is 0 Å². The van der Waals surface area contributed by atoms with Gasteiger partial charge in [-0.25, -0.2) is 4.99 Å². The van der Waals surface area contributed by atoms with Crippen molar-refractivity contribution in [3.8, 4) is 6.07 Å². The van der Waals surface area contributed by atoms with Crippen LogP contribution in [0.25, 0.3) is 5.57 Å². The number of hydrogen-bond donors (Lipinski definition) is 0. The summed E-state index contributed by atoms with van der Waals surface area (Å²) < 4.78 is -0.191. The number of nitriles is 1. The minimum atomic E-state index is -0.191. The fourth-order valence-corrected chi connectivity index (χ4v) is 4.72. The molecule has 0 radical (unpaired) electrons. The number of fused-ring (bicyclic) bond motifs is 2. The molecular weight excluding hydrogens is 340 g/mol. The van der Waals surface area contributed by atoms with Crippen LogP contribution in [0.3, 0.4) is 0 Å². The summed E-state index contributed by atoms with van der Waals surface area (Å²) in [7, 11) is 1.73. The van der Waals surface area contributed by atoms with Crippen LogP contribution in [0.2, 0.25) is 0 Å². The predicted octanol–water partition coefficient (Wildman–Crippen LogP) is 3.42. The molecule has 122 valence electrons. The number of nitrogens with zero attached hydrogens (tertiary/aromatic N) is 4. The number of likely N-dealkylation sites (N-methyl/N-ethyl adjacent to an activating group) is 1. The van der Waals surface area contributed by atoms with Crippen molar-refractivity contribution in [1.29, 1.82) is 5.26 Å². The maximum Gasteiger partial charge on any atom is 0.138 e. The molecule has 0 N–H and O–H groups in total. The van der Waals surface area contributed by atoms with E-state index in [9.17, 15) is 10.5 Å². The standard InChI is InChI=1S/C17H16N4OS2/c1-21(22)6-4-20(5-7-21)17-15-10-23-8-13(15)12(2-3-18)14-9-24-11-16(14)19-17/h2,8-11H,4-7H2,1H3. The average Bonchev–Trinajstić information content (AvgIpc) is 3.18. The van der Waals surface area contributed by atoms with E-state index in [4.69, 9.17) is 4.99 Å². The summed E-state index contributed by atoms with van der Waals surface area (Å²) in [6.45, 7) is 2.53. The number of thiophene rings is 2. The van der Waals surface area contributed by atoms with Gasteiger partial charge < -0.3 is 14.8 Å². The Morgan fingerprint density at radius 3 is 2.58 bits per heavy atom. The van der Waals surface area contributed by atoms with Crippen molar-refractivity contribution in [3.63, 3.8) is 0 Å². The fourth-order valence-electron chi connectivity index (χ4n) is 3.14. The van der Waals surface area contributed by atoms with Crippen LogP contribution >= 0.6 is 22.7 Å². The van der Waals surface area contributed by atoms with Crippen LogP contribution < -0.4 is 0 Å². The molecule has 0 atom stereocenters. The van der Waals surface area contributed by atoms with Gasteiger partial charge in [0.15, 0.2) is 0 Å². The van der Waals surface area contributed by atoms with E-state index in [1.807, 2.05) is 10.8 Å². The molecule has 0 aliphatic carbocycles. The quantitative estimate of drug-likeness (QED) is 0.413. The Morgan fingerprint density at radius 1 is 1.17 bits per heavy atom. The molecule has 0 unspecified atom stereocenters. The SMILES string of the molecule is C[N+]1([O-])CCN(C2=Nc3cscc3C(=CC#N)c3cscc32)CC1. The van der Waals surface area contributed by atoms with Gasteiger partial charge in [-0.15, -0.1) is 11.3 Å². The van der Waals surface area contributed by atoms with Gasteiger partial charge in [-0.1, -0.05) is 0 Å². The molecule has 2 aromatic heterocycles. The van der Waals surface area contributed by atoms with Crippen LogP contribution in [0.15, 0.2) is 32.6 Å². The topological polar surface area (TPSA) is 62.4 Å². The summed E-state index contributed by atoms with van der Waals surface area (Å²) in [4.78, 5) is 7.13. The van der Waals surface area contributed by atoms with Gasteiger partial charge in [-0.3, -0.25) is 0 Å². The monoisotopic (exact) mass is 356 g/mol. The first-order chi connectivity index (χ1) is 11.6. The van der Waals surface area contributed by atoms with Gasteiger partial charge in [0, 0.05) is 44.5 Å². The second kappa shape index (κ2) is 5.83. The van der Waals surface area contributed by atoms with Gasteiger partial charge in [-0.05, 0) is 5.38 Å². The molecule has 2 aliphatic heterocycles. The summed E-state index contributed by atoms with van der Waals surface area (Å²) in [6, 6.07) is 2.17. The van der Waals surface area contributed by atoms with Crippen molar-refractivity contribution in [2.24, 2.45) is 4.99 Å². The van der Waals surface area contributed by atoms with Crippen LogP contribution in [0.5, 0.6) is 0 Å². The van der Waals surface area contributed by atoms with Crippen molar-refractivity contribution in [1.82, 2.24) is 4.90 Å². The lowest BCUT2D eigenvalue weighted by Gasteiger charge is -2.45. The molecule has 1 saturated heterocycles. The van der Waals surface area contributed by atoms with Crippen LogP contribution in [-0.2, 0) is 0 Å². The van der Waals surface area contributed by atoms with E-state index in [1.165, 1.54) is 0 Å². The molecule has 1 fully saturated rings. The molecule has 7 heteroatoms. The Balaban J connectivity index is 1.83. The fraction of sp³-hybridized carbons (Fsp3) is 0.294. The zero-order valence-corrected chi connectivity index (χ0v) is 14.9. The highest BCUT2D eigenvalue weighted by Gasteiger charge is 2.29. The van der Waals surface area contributed by atoms with Crippen molar-refractivity contribution in [2.75, 3.05) is 33.2 Å². The van der Waals surface area contributed by atoms with E-state index >= 15 is 0 Å². The summed E-state index contributed by atoms with van der Waals surface area (Å²) >= 11 is 3.21. The van der Waals surface area contributed by atoms with Crippen LogP contribution in [0.4, 0.5) is 5.69 Å². The molecule has 2 aliphatic rings. The second-order valence-corrected chi connectivity index (χ2v) is 7.71. The van der Waals surface area contributed by atoms with Gasteiger partial charge in [-0.2, -0.15) is 16.6 Å². The normalized spacial score (nSPS) is 20.8. The minimum absolute atomic E-state index is 0.191. The molecule has 0 amide bonds. The molecule has 4 rings (SSSR count). The zero-order chi connectivity index (χ0) is 16.7. The number of hydroxylamine groups is 3. The highest BCUT2D eigenvalue weighted by atomic mass is 32.1. The number of aliphatic imine (C=N–C) groups is 1. The minimum Gasteiger partial charge on any atom is -0.633 e. The Kier molecular flexibility index (Phi) is 3.77. The lowest BCUT2D eigenvalue weighted by molar-refractivity contribution is -0.864. The third-order valence-corrected chi connectivity index (χ3v) is 6.02. The van der Waals surface area contributed by atoms with Crippen molar-refractivity contribution >= 4 is 39.8 Å². The zero-order valence-electron chi connectivity index (χ0n) is 13.2. The van der Waals surface area contributed by atoms with Gasteiger partial charge in [0.05, 0.1) is 45.0 Å². The Morgan fingerprint density at radius 2 is 1.83 bits per heavy atom. The first kappa shape index (κ1) is 15.5. The van der Waals surface area contributed by atoms with Crippen molar-refractivity contribution < 1.29 is 4.65 Å². The van der Waals surface area contributed by atoms with E-state index in [1.54, 1.807) is 35.8 Å². The Labute approximate surface area is 148 Å². The van der Waals surface area contributed by atoms with Crippen molar-refractivity contribution in [2.45, 2.75) is 0 Å². The maximum absolute atomic E-state index is 12.1. The largest absolute Gasteiger partial charge is 0.633 e. The summed E-state index contributed by atoms with van der Waals surface area (Å²) in [5, 5.41) is 29.6. The van der Waals surface area contributed by atoms with Gasteiger partial charge in [0.2, 0.25) is 0 Å². The summed E-state index contributed by atoms with van der Waals surface area (Å²) in [5.74, 6) is 0.923. The third kappa shape index (κ3) is 2.58. The van der Waals surface area contributed by atoms with E-state index in [2.05, 4.69) is 21.7 Å². The highest BCUT2D eigenvalue weighted by molar-refractivity contribution is 7.09. The number of piperazine rings is 1. The van der Waals surface area contributed by atoms with Crippen LogP contribution in [0.1, 0.15) is 16.7 Å². The van der Waals surface area contributed by atoms with Gasteiger partial charge >= 0.3 is 0 Å². The van der Waals surface area contributed by atoms with E-state index in [0.29, 0.717) is 26.2 Å². The first-order valence-corrected chi connectivity index (χ1v) is 9.60. The molecule has 0 bridgehead atoms. The summed E-state index contributed by atoms with van der Waals surface area (Å²) in [6.07, 6.45) is 1.61. The van der Waals surface area contributed by atoms with E-state index in [0.717, 1.165) is 33.8 Å². The number of allylic oxidation sites excluding steroid dienone is 1. The highest BCUT2D eigenvalue weighted by Crippen LogP contribution is 2.40. The molecular formula is C17H16N4OS2. The number of amidine groups is 1. The summed E-state index contributed by atoms with van der Waals surface area (Å²) in [5.41, 5.74) is 4.97. The van der Waals surface area contributed by atoms with Crippen LogP contribution in [-0.4, -0.2) is 48.6 Å². The Bertz CT molecular complexity index is 875. The lowest BCUT2D eigenvalue weighted by atomic mass is 9.99. The maximum atomic E-state index is 12.1. The second-order valence-electron chi connectivity index (χ2n) is 6.22. The Hall–Kier alpha value is -1.98. The number of quaternary nitrogens is 1. The van der Waals surface area contributed by atoms with E-state index in [-0.39, 0.29) is 4.65 Å². The number of hydrogen-bond acceptors (Lipinski definition) is 6. The van der Waals surface area contributed by atoms with Gasteiger partial charge in [0.25, 0.3) is 0 Å². The smallest absolute Gasteiger partial charge is 0.138 e. The molecule has 0 saturated carbocycles. The number of rotatable bonds is 0. The molecule has 2 aromatic rings. The lowest BCUT2D eigenvalue weighted by Crippen LogP contribution is -2.55. The van der Waals surface area contributed by atoms with Gasteiger partial charge in [0.1, 0.15) is 5.84 Å². The van der Waals surface area contributed by atoms with Crippen LogP contribution in [0, 0.1) is 16.5 Å². The average molecular weight is 356 g/mol. The molecule has 0 aromatic carbocycles. The molecule has 5 nitrogen and oxygen atoms in total. The molecule has 0 spiro atoms. The third-order valence-electron chi connectivity index (χ3n) is 4.55. The predicted molar refractivity (Wildman–Crippen MR) is 98.4 cm³/mol. The first-order valence-electron chi connectivity index (χ1n) is 7.71.